The molecule has 0 aliphatic rings. The van der Waals surface area contributed by atoms with Gasteiger partial charge in [-0.15, -0.1) is 0 Å². The monoisotopic (exact) mass is 260 g/mol. The molecule has 1 rings (SSSR count). The number of carbonyl (C=O) groups is 1. The maximum absolute atomic E-state index is 13.2. The van der Waals surface area contributed by atoms with Crippen LogP contribution in [0.25, 0.3) is 0 Å². The Morgan fingerprint density at radius 2 is 2.18 bits per heavy atom. The Kier molecular flexibility index (Phi) is 5.34. The average molecular weight is 261 g/mol. The van der Waals surface area contributed by atoms with E-state index in [2.05, 4.69) is 5.32 Å². The molecule has 4 N–H and O–H groups in total. The van der Waals surface area contributed by atoms with E-state index < -0.39 is 11.7 Å². The number of nitrogens with one attached hydrogen (secondary N) is 1. The number of halogens is 2. The zero-order chi connectivity index (χ0) is 12.8. The van der Waals surface area contributed by atoms with Crippen molar-refractivity contribution in [2.45, 2.75) is 6.42 Å². The number of hydrogen-bond donors (Lipinski definition) is 3. The molecule has 0 bridgehead atoms. The van der Waals surface area contributed by atoms with E-state index in [4.69, 9.17) is 22.4 Å². The Bertz CT molecular complexity index is 413. The van der Waals surface area contributed by atoms with Crippen LogP contribution < -0.4 is 11.1 Å². The van der Waals surface area contributed by atoms with Crippen LogP contribution in [0.15, 0.2) is 12.1 Å². The van der Waals surface area contributed by atoms with Crippen molar-refractivity contribution in [2.75, 3.05) is 19.7 Å². The molecular formula is C11H14ClFN2O2. The van der Waals surface area contributed by atoms with E-state index in [-0.39, 0.29) is 17.2 Å². The number of carbonyl (C=O) groups excluding carboxylic acids is 1. The largest absolute Gasteiger partial charge is 0.395 e. The van der Waals surface area contributed by atoms with Crippen molar-refractivity contribution in [1.29, 1.82) is 0 Å². The Balaban J connectivity index is 2.84. The molecule has 0 aliphatic carbocycles. The third-order valence-corrected chi connectivity index (χ3v) is 2.66. The summed E-state index contributed by atoms with van der Waals surface area (Å²) in [4.78, 5) is 11.2. The van der Waals surface area contributed by atoms with Crippen molar-refractivity contribution in [3.8, 4) is 0 Å². The zero-order valence-electron chi connectivity index (χ0n) is 9.17. The summed E-state index contributed by atoms with van der Waals surface area (Å²) in [5, 5.41) is 11.3. The summed E-state index contributed by atoms with van der Waals surface area (Å²) in [6.45, 7) is 1.04. The van der Waals surface area contributed by atoms with E-state index in [1.54, 1.807) is 0 Å². The van der Waals surface area contributed by atoms with Crippen LogP contribution in [0, 0.1) is 5.82 Å². The minimum Gasteiger partial charge on any atom is -0.395 e. The molecule has 1 aromatic carbocycles. The molecule has 0 heterocycles. The number of hydrogen-bond acceptors (Lipinski definition) is 3. The predicted octanol–water partition coefficient (Wildman–Crippen LogP) is 0.702. The number of benzene rings is 1. The summed E-state index contributed by atoms with van der Waals surface area (Å²) in [7, 11) is 0. The van der Waals surface area contributed by atoms with Crippen molar-refractivity contribution in [2.24, 2.45) is 5.73 Å². The minimum atomic E-state index is -0.744. The highest BCUT2D eigenvalue weighted by Crippen LogP contribution is 2.23. The van der Waals surface area contributed by atoms with Gasteiger partial charge in [-0.3, -0.25) is 4.79 Å². The van der Waals surface area contributed by atoms with E-state index in [1.165, 1.54) is 12.1 Å². The van der Waals surface area contributed by atoms with Gasteiger partial charge >= 0.3 is 0 Å². The molecule has 0 atom stereocenters. The van der Waals surface area contributed by atoms with Crippen molar-refractivity contribution in [3.05, 3.63) is 34.1 Å². The maximum Gasteiger partial charge on any atom is 0.250 e. The molecule has 0 radical (unpaired) electrons. The first-order chi connectivity index (χ1) is 8.07. The molecular weight excluding hydrogens is 247 g/mol. The van der Waals surface area contributed by atoms with Gasteiger partial charge in [0.15, 0.2) is 0 Å². The van der Waals surface area contributed by atoms with Crippen LogP contribution in [-0.2, 0) is 6.42 Å². The van der Waals surface area contributed by atoms with Crippen LogP contribution >= 0.6 is 11.6 Å². The van der Waals surface area contributed by atoms with Crippen LogP contribution in [0.1, 0.15) is 15.9 Å². The molecule has 1 aromatic rings. The highest BCUT2D eigenvalue weighted by molar-refractivity contribution is 6.34. The lowest BCUT2D eigenvalue weighted by molar-refractivity contribution is 0.0999. The lowest BCUT2D eigenvalue weighted by atomic mass is 10.0. The van der Waals surface area contributed by atoms with Gasteiger partial charge in [-0.25, -0.2) is 4.39 Å². The molecule has 17 heavy (non-hydrogen) atoms. The molecule has 1 amide bonds. The normalized spacial score (nSPS) is 10.5. The molecule has 6 heteroatoms. The van der Waals surface area contributed by atoms with Crippen LogP contribution in [0.4, 0.5) is 4.39 Å². The molecule has 0 saturated carbocycles. The quantitative estimate of drug-likeness (QED) is 0.659. The number of aliphatic hydroxyl groups excluding tert-OH is 1. The van der Waals surface area contributed by atoms with Gasteiger partial charge in [-0.1, -0.05) is 17.7 Å². The van der Waals surface area contributed by atoms with E-state index in [9.17, 15) is 9.18 Å². The number of nitrogens with two attached hydrogens (primary N) is 1. The minimum absolute atomic E-state index is 0.0254. The molecule has 0 saturated heterocycles. The van der Waals surface area contributed by atoms with Crippen molar-refractivity contribution in [1.82, 2.24) is 5.32 Å². The second-order valence-corrected chi connectivity index (χ2v) is 3.86. The summed E-state index contributed by atoms with van der Waals surface area (Å²) >= 11 is 5.70. The Hall–Kier alpha value is -1.17. The first-order valence-electron chi connectivity index (χ1n) is 5.16. The van der Waals surface area contributed by atoms with Crippen LogP contribution in [0.5, 0.6) is 0 Å². The third kappa shape index (κ3) is 3.66. The summed E-state index contributed by atoms with van der Waals surface area (Å²) < 4.78 is 13.2. The zero-order valence-corrected chi connectivity index (χ0v) is 9.93. The Labute approximate surface area is 104 Å². The molecule has 0 aliphatic heterocycles. The molecule has 0 fully saturated rings. The van der Waals surface area contributed by atoms with Crippen molar-refractivity contribution in [3.63, 3.8) is 0 Å². The van der Waals surface area contributed by atoms with Crippen LogP contribution in [-0.4, -0.2) is 30.7 Å². The van der Waals surface area contributed by atoms with Crippen molar-refractivity contribution < 1.29 is 14.3 Å². The predicted molar refractivity (Wildman–Crippen MR) is 63.6 cm³/mol. The summed E-state index contributed by atoms with van der Waals surface area (Å²) in [6.07, 6.45) is 0.484. The summed E-state index contributed by atoms with van der Waals surface area (Å²) in [6, 6.07) is 2.69. The van der Waals surface area contributed by atoms with Gasteiger partial charge in [-0.05, 0) is 24.6 Å². The van der Waals surface area contributed by atoms with Gasteiger partial charge in [-0.2, -0.15) is 0 Å². The van der Waals surface area contributed by atoms with Crippen LogP contribution in [0.2, 0.25) is 5.02 Å². The van der Waals surface area contributed by atoms with Gasteiger partial charge in [0.25, 0.3) is 5.91 Å². The smallest absolute Gasteiger partial charge is 0.250 e. The first kappa shape index (κ1) is 13.9. The van der Waals surface area contributed by atoms with E-state index >= 15 is 0 Å². The van der Waals surface area contributed by atoms with Gasteiger partial charge in [0.05, 0.1) is 17.2 Å². The first-order valence-corrected chi connectivity index (χ1v) is 5.54. The standard InChI is InChI=1S/C11H14ClFN2O2/c12-10-8(13)2-1-7(9(10)11(14)17)3-4-15-5-6-16/h1-2,15-16H,3-6H2,(H2,14,17). The summed E-state index contributed by atoms with van der Waals surface area (Å²) in [5.41, 5.74) is 5.78. The fourth-order valence-electron chi connectivity index (χ4n) is 1.49. The Morgan fingerprint density at radius 1 is 1.47 bits per heavy atom. The van der Waals surface area contributed by atoms with E-state index in [0.717, 1.165) is 0 Å². The number of rotatable bonds is 6. The lowest BCUT2D eigenvalue weighted by Crippen LogP contribution is -2.23. The molecule has 0 unspecified atom stereocenters. The third-order valence-electron chi connectivity index (χ3n) is 2.29. The SMILES string of the molecule is NC(=O)c1c(CCNCCO)ccc(F)c1Cl. The Morgan fingerprint density at radius 3 is 2.76 bits per heavy atom. The highest BCUT2D eigenvalue weighted by Gasteiger charge is 2.15. The van der Waals surface area contributed by atoms with Gasteiger partial charge in [0.2, 0.25) is 0 Å². The maximum atomic E-state index is 13.2. The number of primary amides is 1. The van der Waals surface area contributed by atoms with Gasteiger partial charge < -0.3 is 16.2 Å². The number of amides is 1. The second kappa shape index (κ2) is 6.54. The second-order valence-electron chi connectivity index (χ2n) is 3.48. The topological polar surface area (TPSA) is 75.4 Å². The molecule has 0 aromatic heterocycles. The molecule has 0 spiro atoms. The fraction of sp³-hybridized carbons (Fsp3) is 0.364. The lowest BCUT2D eigenvalue weighted by Gasteiger charge is -2.09. The number of aliphatic hydroxyl groups is 1. The molecule has 4 nitrogen and oxygen atoms in total. The van der Waals surface area contributed by atoms with E-state index in [0.29, 0.717) is 25.1 Å². The fourth-order valence-corrected chi connectivity index (χ4v) is 1.77. The van der Waals surface area contributed by atoms with Crippen LogP contribution in [0.3, 0.4) is 0 Å². The highest BCUT2D eigenvalue weighted by atomic mass is 35.5. The summed E-state index contributed by atoms with van der Waals surface area (Å²) in [5.74, 6) is -1.40. The molecule has 94 valence electrons. The van der Waals surface area contributed by atoms with Gasteiger partial charge in [0.1, 0.15) is 5.82 Å². The van der Waals surface area contributed by atoms with Gasteiger partial charge in [0, 0.05) is 6.54 Å². The average Bonchev–Trinajstić information content (AvgIpc) is 2.28. The van der Waals surface area contributed by atoms with Crippen molar-refractivity contribution >= 4 is 17.5 Å². The van der Waals surface area contributed by atoms with E-state index in [1.807, 2.05) is 0 Å².